The van der Waals surface area contributed by atoms with Gasteiger partial charge in [-0.3, -0.25) is 0 Å². The van der Waals surface area contributed by atoms with E-state index < -0.39 is 0 Å². The van der Waals surface area contributed by atoms with Gasteiger partial charge in [-0.15, -0.1) is 0 Å². The third-order valence-corrected chi connectivity index (χ3v) is 3.81. The average Bonchev–Trinajstić information content (AvgIpc) is 2.38. The molecule has 0 radical (unpaired) electrons. The summed E-state index contributed by atoms with van der Waals surface area (Å²) in [4.78, 5) is 0. The zero-order valence-electron chi connectivity index (χ0n) is 11.7. The molecule has 0 spiro atoms. The van der Waals surface area contributed by atoms with Crippen molar-refractivity contribution in [3.05, 3.63) is 69.7 Å². The van der Waals surface area contributed by atoms with Crippen molar-refractivity contribution in [2.45, 2.75) is 33.4 Å². The maximum atomic E-state index is 6.03. The van der Waals surface area contributed by atoms with Crippen LogP contribution in [-0.2, 0) is 6.54 Å². The van der Waals surface area contributed by atoms with Crippen molar-refractivity contribution in [2.24, 2.45) is 0 Å². The van der Waals surface area contributed by atoms with Gasteiger partial charge in [0.05, 0.1) is 0 Å². The molecule has 0 heterocycles. The first kappa shape index (κ1) is 14.1. The van der Waals surface area contributed by atoms with Crippen LogP contribution in [-0.4, -0.2) is 0 Å². The molecule has 2 rings (SSSR count). The lowest BCUT2D eigenvalue weighted by molar-refractivity contribution is 0.572. The first-order valence-electron chi connectivity index (χ1n) is 6.62. The van der Waals surface area contributed by atoms with Gasteiger partial charge in [0, 0.05) is 17.6 Å². The molecule has 2 heteroatoms. The molecule has 2 aromatic carbocycles. The second kappa shape index (κ2) is 6.23. The van der Waals surface area contributed by atoms with Crippen LogP contribution in [0.4, 0.5) is 0 Å². The zero-order chi connectivity index (χ0) is 13.8. The Kier molecular flexibility index (Phi) is 4.62. The van der Waals surface area contributed by atoms with Crippen molar-refractivity contribution < 1.29 is 0 Å². The maximum absolute atomic E-state index is 6.03. The minimum absolute atomic E-state index is 0.290. The van der Waals surface area contributed by atoms with Gasteiger partial charge in [0.1, 0.15) is 0 Å². The van der Waals surface area contributed by atoms with Crippen molar-refractivity contribution >= 4 is 11.6 Å². The summed E-state index contributed by atoms with van der Waals surface area (Å²) >= 11 is 6.03. The van der Waals surface area contributed by atoms with Crippen LogP contribution in [0.5, 0.6) is 0 Å². The highest BCUT2D eigenvalue weighted by molar-refractivity contribution is 6.30. The molecule has 0 saturated carbocycles. The van der Waals surface area contributed by atoms with Gasteiger partial charge in [-0.25, -0.2) is 0 Å². The maximum Gasteiger partial charge on any atom is 0.0409 e. The summed E-state index contributed by atoms with van der Waals surface area (Å²) < 4.78 is 0. The molecule has 0 aliphatic heterocycles. The van der Waals surface area contributed by atoms with Gasteiger partial charge < -0.3 is 5.32 Å². The Labute approximate surface area is 120 Å². The van der Waals surface area contributed by atoms with Gasteiger partial charge >= 0.3 is 0 Å². The first-order chi connectivity index (χ1) is 9.08. The van der Waals surface area contributed by atoms with Crippen LogP contribution in [0.25, 0.3) is 0 Å². The van der Waals surface area contributed by atoms with E-state index in [1.54, 1.807) is 0 Å². The number of aryl methyl sites for hydroxylation is 2. The Morgan fingerprint density at radius 2 is 1.68 bits per heavy atom. The largest absolute Gasteiger partial charge is 0.306 e. The Balaban J connectivity index is 2.06. The van der Waals surface area contributed by atoms with Crippen molar-refractivity contribution in [3.63, 3.8) is 0 Å². The molecular formula is C17H20ClN. The molecule has 1 unspecified atom stereocenters. The number of nitrogens with one attached hydrogen (secondary N) is 1. The van der Waals surface area contributed by atoms with Crippen LogP contribution in [0, 0.1) is 13.8 Å². The van der Waals surface area contributed by atoms with Crippen LogP contribution in [0.1, 0.15) is 35.2 Å². The van der Waals surface area contributed by atoms with E-state index in [9.17, 15) is 0 Å². The molecule has 0 saturated heterocycles. The number of hydrogen-bond acceptors (Lipinski definition) is 1. The van der Waals surface area contributed by atoms with E-state index in [0.717, 1.165) is 11.6 Å². The van der Waals surface area contributed by atoms with E-state index >= 15 is 0 Å². The molecule has 100 valence electrons. The molecule has 19 heavy (non-hydrogen) atoms. The van der Waals surface area contributed by atoms with Crippen molar-refractivity contribution in [3.8, 4) is 0 Å². The third-order valence-electron chi connectivity index (χ3n) is 3.58. The van der Waals surface area contributed by atoms with Gasteiger partial charge in [0.15, 0.2) is 0 Å². The van der Waals surface area contributed by atoms with Crippen LogP contribution < -0.4 is 5.32 Å². The monoisotopic (exact) mass is 273 g/mol. The van der Waals surface area contributed by atoms with Crippen LogP contribution in [0.15, 0.2) is 42.5 Å². The van der Waals surface area contributed by atoms with Crippen LogP contribution in [0.3, 0.4) is 0 Å². The van der Waals surface area contributed by atoms with E-state index in [0.29, 0.717) is 0 Å². The van der Waals surface area contributed by atoms with Gasteiger partial charge in [-0.2, -0.15) is 0 Å². The fourth-order valence-electron chi connectivity index (χ4n) is 2.28. The fourth-order valence-corrected chi connectivity index (χ4v) is 2.48. The highest BCUT2D eigenvalue weighted by Gasteiger charge is 2.07. The van der Waals surface area contributed by atoms with Crippen molar-refractivity contribution in [1.82, 2.24) is 5.32 Å². The minimum Gasteiger partial charge on any atom is -0.306 e. The minimum atomic E-state index is 0.290. The normalized spacial score (nSPS) is 12.4. The first-order valence-corrected chi connectivity index (χ1v) is 6.99. The summed E-state index contributed by atoms with van der Waals surface area (Å²) in [5.41, 5.74) is 5.28. The molecule has 1 atom stereocenters. The SMILES string of the molecule is Cc1cccc(C)c1CNC(C)c1cccc(Cl)c1. The zero-order valence-corrected chi connectivity index (χ0v) is 12.5. The standard InChI is InChI=1S/C17H20ClN/c1-12-6-4-7-13(2)17(12)11-19-14(3)15-8-5-9-16(18)10-15/h4-10,14,19H,11H2,1-3H3. The van der Waals surface area contributed by atoms with Gasteiger partial charge in [0.2, 0.25) is 0 Å². The van der Waals surface area contributed by atoms with Crippen molar-refractivity contribution in [2.75, 3.05) is 0 Å². The molecule has 0 fully saturated rings. The molecule has 0 aliphatic rings. The van der Waals surface area contributed by atoms with Gasteiger partial charge in [-0.1, -0.05) is 41.9 Å². The van der Waals surface area contributed by atoms with Gasteiger partial charge in [0.25, 0.3) is 0 Å². The summed E-state index contributed by atoms with van der Waals surface area (Å²) in [7, 11) is 0. The lowest BCUT2D eigenvalue weighted by Gasteiger charge is -2.17. The fraction of sp³-hybridized carbons (Fsp3) is 0.294. The molecule has 1 nitrogen and oxygen atoms in total. The molecule has 1 N–H and O–H groups in total. The Hall–Kier alpha value is -1.31. The number of halogens is 1. The van der Waals surface area contributed by atoms with Crippen LogP contribution >= 0.6 is 11.6 Å². The third kappa shape index (κ3) is 3.59. The lowest BCUT2D eigenvalue weighted by atomic mass is 10.0. The Morgan fingerprint density at radius 3 is 2.32 bits per heavy atom. The second-order valence-corrected chi connectivity index (χ2v) is 5.46. The van der Waals surface area contributed by atoms with E-state index in [4.69, 9.17) is 11.6 Å². The van der Waals surface area contributed by atoms with E-state index in [-0.39, 0.29) is 6.04 Å². The molecule has 0 bridgehead atoms. The van der Waals surface area contributed by atoms with E-state index in [2.05, 4.69) is 50.4 Å². The van der Waals surface area contributed by atoms with Gasteiger partial charge in [-0.05, 0) is 55.2 Å². The number of rotatable bonds is 4. The predicted octanol–water partition coefficient (Wildman–Crippen LogP) is 4.81. The Bertz CT molecular complexity index is 543. The Morgan fingerprint density at radius 1 is 1.05 bits per heavy atom. The number of benzene rings is 2. The second-order valence-electron chi connectivity index (χ2n) is 5.03. The molecule has 0 amide bonds. The average molecular weight is 274 g/mol. The summed E-state index contributed by atoms with van der Waals surface area (Å²) in [6.07, 6.45) is 0. The lowest BCUT2D eigenvalue weighted by Crippen LogP contribution is -2.19. The number of hydrogen-bond donors (Lipinski definition) is 1. The smallest absolute Gasteiger partial charge is 0.0409 e. The molecule has 2 aromatic rings. The topological polar surface area (TPSA) is 12.0 Å². The predicted molar refractivity (Wildman–Crippen MR) is 82.6 cm³/mol. The highest BCUT2D eigenvalue weighted by Crippen LogP contribution is 2.19. The van der Waals surface area contributed by atoms with Crippen molar-refractivity contribution in [1.29, 1.82) is 0 Å². The summed E-state index contributed by atoms with van der Waals surface area (Å²) in [5.74, 6) is 0. The van der Waals surface area contributed by atoms with E-state index in [1.807, 2.05) is 18.2 Å². The quantitative estimate of drug-likeness (QED) is 0.843. The molecule has 0 aromatic heterocycles. The summed E-state index contributed by atoms with van der Waals surface area (Å²) in [5, 5.41) is 4.36. The van der Waals surface area contributed by atoms with Crippen LogP contribution in [0.2, 0.25) is 5.02 Å². The highest BCUT2D eigenvalue weighted by atomic mass is 35.5. The summed E-state index contributed by atoms with van der Waals surface area (Å²) in [6, 6.07) is 14.7. The molecular weight excluding hydrogens is 254 g/mol. The molecule has 0 aliphatic carbocycles. The van der Waals surface area contributed by atoms with E-state index in [1.165, 1.54) is 22.3 Å². The summed E-state index contributed by atoms with van der Waals surface area (Å²) in [6.45, 7) is 7.37.